The predicted octanol–water partition coefficient (Wildman–Crippen LogP) is 5.29. The molecule has 0 radical (unpaired) electrons. The Balaban J connectivity index is 2.23. The molecule has 0 saturated heterocycles. The topological polar surface area (TPSA) is 9.23 Å². The molecule has 0 N–H and O–H groups in total. The standard InChI is InChI=1S/C16H17BrO/c1-3-16(18-14-7-5-4-6-8-14)15-10-9-13(17)11-12(15)2/h4-11,16H,3H2,1-2H3. The van der Waals surface area contributed by atoms with E-state index >= 15 is 0 Å². The average Bonchev–Trinajstić information content (AvgIpc) is 2.38. The van der Waals surface area contributed by atoms with Crippen molar-refractivity contribution in [3.63, 3.8) is 0 Å². The molecule has 0 aliphatic carbocycles. The van der Waals surface area contributed by atoms with Gasteiger partial charge in [0.1, 0.15) is 11.9 Å². The third-order valence-electron chi connectivity index (χ3n) is 2.97. The monoisotopic (exact) mass is 304 g/mol. The average molecular weight is 305 g/mol. The van der Waals surface area contributed by atoms with E-state index in [-0.39, 0.29) is 6.10 Å². The number of hydrogen-bond acceptors (Lipinski definition) is 1. The van der Waals surface area contributed by atoms with E-state index in [0.717, 1.165) is 16.6 Å². The molecule has 2 heteroatoms. The highest BCUT2D eigenvalue weighted by Gasteiger charge is 2.13. The van der Waals surface area contributed by atoms with Gasteiger partial charge < -0.3 is 4.74 Å². The number of rotatable bonds is 4. The van der Waals surface area contributed by atoms with Crippen molar-refractivity contribution >= 4 is 15.9 Å². The van der Waals surface area contributed by atoms with E-state index in [1.54, 1.807) is 0 Å². The second-order valence-electron chi connectivity index (χ2n) is 4.33. The number of ether oxygens (including phenoxy) is 1. The van der Waals surface area contributed by atoms with Crippen LogP contribution in [0.2, 0.25) is 0 Å². The molecule has 0 heterocycles. The third-order valence-corrected chi connectivity index (χ3v) is 3.46. The highest BCUT2D eigenvalue weighted by atomic mass is 79.9. The van der Waals surface area contributed by atoms with E-state index in [2.05, 4.69) is 48.0 Å². The zero-order valence-corrected chi connectivity index (χ0v) is 12.3. The van der Waals surface area contributed by atoms with Crippen LogP contribution in [-0.4, -0.2) is 0 Å². The lowest BCUT2D eigenvalue weighted by atomic mass is 10.0. The maximum absolute atomic E-state index is 6.06. The summed E-state index contributed by atoms with van der Waals surface area (Å²) in [5.41, 5.74) is 2.51. The fourth-order valence-corrected chi connectivity index (χ4v) is 2.51. The fourth-order valence-electron chi connectivity index (χ4n) is 2.03. The van der Waals surface area contributed by atoms with Crippen molar-refractivity contribution in [3.05, 3.63) is 64.1 Å². The Labute approximate surface area is 117 Å². The molecular weight excluding hydrogens is 288 g/mol. The molecule has 0 aliphatic heterocycles. The van der Waals surface area contributed by atoms with Gasteiger partial charge in [0.05, 0.1) is 0 Å². The first kappa shape index (κ1) is 13.2. The number of benzene rings is 2. The smallest absolute Gasteiger partial charge is 0.124 e. The van der Waals surface area contributed by atoms with Gasteiger partial charge >= 0.3 is 0 Å². The van der Waals surface area contributed by atoms with Crippen molar-refractivity contribution in [3.8, 4) is 5.75 Å². The van der Waals surface area contributed by atoms with E-state index in [0.29, 0.717) is 0 Å². The van der Waals surface area contributed by atoms with Gasteiger partial charge in [-0.2, -0.15) is 0 Å². The predicted molar refractivity (Wildman–Crippen MR) is 79.0 cm³/mol. The highest BCUT2D eigenvalue weighted by Crippen LogP contribution is 2.28. The van der Waals surface area contributed by atoms with E-state index in [1.165, 1.54) is 11.1 Å². The van der Waals surface area contributed by atoms with Gasteiger partial charge in [-0.1, -0.05) is 47.1 Å². The first-order chi connectivity index (χ1) is 8.70. The van der Waals surface area contributed by atoms with Gasteiger partial charge in [-0.3, -0.25) is 0 Å². The van der Waals surface area contributed by atoms with Crippen LogP contribution in [0, 0.1) is 6.92 Å². The van der Waals surface area contributed by atoms with Gasteiger partial charge in [-0.25, -0.2) is 0 Å². The summed E-state index contributed by atoms with van der Waals surface area (Å²) < 4.78 is 7.16. The van der Waals surface area contributed by atoms with Crippen molar-refractivity contribution in [1.29, 1.82) is 0 Å². The molecule has 1 nitrogen and oxygen atoms in total. The van der Waals surface area contributed by atoms with E-state index in [9.17, 15) is 0 Å². The normalized spacial score (nSPS) is 12.2. The largest absolute Gasteiger partial charge is 0.486 e. The molecule has 0 amide bonds. The highest BCUT2D eigenvalue weighted by molar-refractivity contribution is 9.10. The second kappa shape index (κ2) is 6.05. The summed E-state index contributed by atoms with van der Waals surface area (Å²) in [5, 5.41) is 0. The maximum Gasteiger partial charge on any atom is 0.124 e. The Kier molecular flexibility index (Phi) is 4.43. The Bertz CT molecular complexity index is 508. The summed E-state index contributed by atoms with van der Waals surface area (Å²) in [7, 11) is 0. The van der Waals surface area contributed by atoms with Gasteiger partial charge in [0, 0.05) is 4.47 Å². The Morgan fingerprint density at radius 1 is 1.11 bits per heavy atom. The molecule has 94 valence electrons. The van der Waals surface area contributed by atoms with Crippen molar-refractivity contribution in [2.45, 2.75) is 26.4 Å². The Hall–Kier alpha value is -1.28. The molecule has 2 rings (SSSR count). The lowest BCUT2D eigenvalue weighted by molar-refractivity contribution is 0.200. The van der Waals surface area contributed by atoms with Crippen molar-refractivity contribution in [1.82, 2.24) is 0 Å². The first-order valence-corrected chi connectivity index (χ1v) is 6.97. The van der Waals surface area contributed by atoms with Crippen molar-refractivity contribution < 1.29 is 4.74 Å². The zero-order valence-electron chi connectivity index (χ0n) is 10.7. The van der Waals surface area contributed by atoms with Gasteiger partial charge in [0.25, 0.3) is 0 Å². The van der Waals surface area contributed by atoms with Crippen LogP contribution in [-0.2, 0) is 0 Å². The number of halogens is 1. The summed E-state index contributed by atoms with van der Waals surface area (Å²) >= 11 is 3.49. The first-order valence-electron chi connectivity index (χ1n) is 6.18. The number of aryl methyl sites for hydroxylation is 1. The van der Waals surface area contributed by atoms with Crippen molar-refractivity contribution in [2.24, 2.45) is 0 Å². The minimum absolute atomic E-state index is 0.112. The Morgan fingerprint density at radius 3 is 2.44 bits per heavy atom. The molecule has 2 aromatic rings. The van der Waals surface area contributed by atoms with E-state index in [1.807, 2.05) is 30.3 Å². The molecule has 0 saturated carbocycles. The van der Waals surface area contributed by atoms with Crippen LogP contribution >= 0.6 is 15.9 Å². The SMILES string of the molecule is CCC(Oc1ccccc1)c1ccc(Br)cc1C. The van der Waals surface area contributed by atoms with Crippen LogP contribution in [0.1, 0.15) is 30.6 Å². The van der Waals surface area contributed by atoms with Crippen LogP contribution in [0.25, 0.3) is 0 Å². The lowest BCUT2D eigenvalue weighted by Crippen LogP contribution is -2.08. The van der Waals surface area contributed by atoms with Crippen LogP contribution in [0.3, 0.4) is 0 Å². The molecule has 1 atom stereocenters. The fraction of sp³-hybridized carbons (Fsp3) is 0.250. The van der Waals surface area contributed by atoms with Crippen LogP contribution in [0.15, 0.2) is 53.0 Å². The van der Waals surface area contributed by atoms with Gasteiger partial charge in [0.2, 0.25) is 0 Å². The third kappa shape index (κ3) is 3.14. The minimum Gasteiger partial charge on any atom is -0.486 e. The van der Waals surface area contributed by atoms with Gasteiger partial charge in [-0.05, 0) is 48.7 Å². The molecule has 0 aromatic heterocycles. The molecule has 2 aromatic carbocycles. The molecule has 0 bridgehead atoms. The molecule has 18 heavy (non-hydrogen) atoms. The molecule has 1 unspecified atom stereocenters. The summed E-state index contributed by atoms with van der Waals surface area (Å²) in [6.45, 7) is 4.27. The van der Waals surface area contributed by atoms with E-state index < -0.39 is 0 Å². The zero-order chi connectivity index (χ0) is 13.0. The van der Waals surface area contributed by atoms with Crippen LogP contribution in [0.5, 0.6) is 5.75 Å². The quantitative estimate of drug-likeness (QED) is 0.746. The van der Waals surface area contributed by atoms with Gasteiger partial charge in [0.15, 0.2) is 0 Å². The van der Waals surface area contributed by atoms with Crippen LogP contribution in [0.4, 0.5) is 0 Å². The summed E-state index contributed by atoms with van der Waals surface area (Å²) in [4.78, 5) is 0. The number of para-hydroxylation sites is 1. The van der Waals surface area contributed by atoms with Crippen molar-refractivity contribution in [2.75, 3.05) is 0 Å². The van der Waals surface area contributed by atoms with Gasteiger partial charge in [-0.15, -0.1) is 0 Å². The van der Waals surface area contributed by atoms with Crippen LogP contribution < -0.4 is 4.74 Å². The molecule has 0 spiro atoms. The second-order valence-corrected chi connectivity index (χ2v) is 5.24. The summed E-state index contributed by atoms with van der Waals surface area (Å²) in [5.74, 6) is 0.923. The molecule has 0 aliphatic rings. The molecule has 0 fully saturated rings. The minimum atomic E-state index is 0.112. The molecular formula is C16H17BrO. The summed E-state index contributed by atoms with van der Waals surface area (Å²) in [6.07, 6.45) is 1.07. The Morgan fingerprint density at radius 2 is 1.83 bits per heavy atom. The number of hydrogen-bond donors (Lipinski definition) is 0. The van der Waals surface area contributed by atoms with E-state index in [4.69, 9.17) is 4.74 Å². The summed E-state index contributed by atoms with van der Waals surface area (Å²) in [6, 6.07) is 16.3. The lowest BCUT2D eigenvalue weighted by Gasteiger charge is -2.20. The maximum atomic E-state index is 6.06.